The van der Waals surface area contributed by atoms with E-state index in [9.17, 15) is 0 Å². The van der Waals surface area contributed by atoms with Crippen LogP contribution in [0, 0.1) is 0 Å². The van der Waals surface area contributed by atoms with E-state index in [0.717, 1.165) is 0 Å². The van der Waals surface area contributed by atoms with Gasteiger partial charge in [0.2, 0.25) is 0 Å². The fourth-order valence-electron chi connectivity index (χ4n) is 0. The summed E-state index contributed by atoms with van der Waals surface area (Å²) in [4.78, 5) is 0. The van der Waals surface area contributed by atoms with Crippen LogP contribution in [0.25, 0.3) is 0 Å². The molecule has 0 amide bonds. The van der Waals surface area contributed by atoms with Crippen molar-refractivity contribution in [3.63, 3.8) is 0 Å². The van der Waals surface area contributed by atoms with Gasteiger partial charge in [-0.25, -0.2) is 0 Å². The average molecular weight is 255 g/mol. The molecule has 0 radical (unpaired) electrons. The summed E-state index contributed by atoms with van der Waals surface area (Å²) in [6.45, 7) is 0. The van der Waals surface area contributed by atoms with Crippen molar-refractivity contribution in [3.8, 4) is 0 Å². The summed E-state index contributed by atoms with van der Waals surface area (Å²) in [5, 5.41) is 0. The summed E-state index contributed by atoms with van der Waals surface area (Å²) in [7, 11) is 0. The Morgan fingerprint density at radius 1 is 1.00 bits per heavy atom. The van der Waals surface area contributed by atoms with E-state index in [1.54, 1.807) is 0 Å². The third-order valence-corrected chi connectivity index (χ3v) is 0. The van der Waals surface area contributed by atoms with E-state index in [1.807, 2.05) is 0 Å². The molecule has 0 aliphatic carbocycles. The van der Waals surface area contributed by atoms with Gasteiger partial charge in [0.05, 0.1) is 0 Å². The van der Waals surface area contributed by atoms with Gasteiger partial charge in [-0.05, 0) is 0 Å². The molecule has 0 rings (SSSR count). The maximum absolute atomic E-state index is 0. The molecule has 0 saturated carbocycles. The molecule has 0 bridgehead atoms. The summed E-state index contributed by atoms with van der Waals surface area (Å²) < 4.78 is 0. The summed E-state index contributed by atoms with van der Waals surface area (Å²) in [6, 6.07) is 0. The van der Waals surface area contributed by atoms with Crippen molar-refractivity contribution >= 4 is 127 Å². The van der Waals surface area contributed by atoms with Crippen LogP contribution in [0.2, 0.25) is 0 Å². The van der Waals surface area contributed by atoms with Gasteiger partial charge in [-0.15, -0.1) is 0 Å². The van der Waals surface area contributed by atoms with Gasteiger partial charge in [-0.2, -0.15) is 0 Å². The van der Waals surface area contributed by atoms with Crippen LogP contribution in [-0.2, 0) is 0 Å². The maximum atomic E-state index is 0. The standard InChI is InChI=1S/Ga.In.K.Na.8H. The van der Waals surface area contributed by atoms with Gasteiger partial charge < -0.3 is 0 Å². The number of hydrogen-bond donors (Lipinski definition) is 0. The van der Waals surface area contributed by atoms with Gasteiger partial charge in [0.15, 0.2) is 0 Å². The SMILES string of the molecule is [GaH3].[InH3].[KH].[NaH]. The molecule has 0 aromatic heterocycles. The molecule has 0 nitrogen and oxygen atoms in total. The van der Waals surface area contributed by atoms with Crippen molar-refractivity contribution in [1.82, 2.24) is 0 Å². The fourth-order valence-corrected chi connectivity index (χ4v) is 0. The molecule has 0 N–H and O–H groups in total. The number of rotatable bonds is 0. The molecule has 4 heavy (non-hydrogen) atoms. The topological polar surface area (TPSA) is 0 Å². The molecule has 16 valence electrons. The van der Waals surface area contributed by atoms with Crippen LogP contribution in [0.5, 0.6) is 0 Å². The second-order valence-corrected chi connectivity index (χ2v) is 0. The van der Waals surface area contributed by atoms with Gasteiger partial charge in [-0.3, -0.25) is 0 Å². The van der Waals surface area contributed by atoms with Gasteiger partial charge >= 0.3 is 127 Å². The Balaban J connectivity index is 0. The second-order valence-electron chi connectivity index (χ2n) is 0. The average Bonchev–Trinajstić information content (AvgIpc) is 0. The van der Waals surface area contributed by atoms with E-state index >= 15 is 0 Å². The van der Waals surface area contributed by atoms with Crippen LogP contribution in [0.4, 0.5) is 0 Å². The monoisotopic (exact) mass is 254 g/mol. The summed E-state index contributed by atoms with van der Waals surface area (Å²) in [6.07, 6.45) is 0. The summed E-state index contributed by atoms with van der Waals surface area (Å²) in [5.41, 5.74) is 0. The molecule has 0 aromatic carbocycles. The molecular weight excluding hydrogens is 247 g/mol. The van der Waals surface area contributed by atoms with Gasteiger partial charge in [0.1, 0.15) is 0 Å². The molecule has 0 unspecified atom stereocenters. The first-order valence-corrected chi connectivity index (χ1v) is 0. The van der Waals surface area contributed by atoms with E-state index in [-0.39, 0.29) is 127 Å². The van der Waals surface area contributed by atoms with Crippen LogP contribution in [-0.4, -0.2) is 127 Å². The van der Waals surface area contributed by atoms with E-state index < -0.39 is 0 Å². The Kier molecular flexibility index (Phi) is 95.0. The predicted octanol–water partition coefficient (Wildman–Crippen LogP) is -3.66. The minimum atomic E-state index is 0. The molecule has 0 heterocycles. The molecule has 0 aliphatic heterocycles. The zero-order valence-corrected chi connectivity index (χ0v) is 0. The van der Waals surface area contributed by atoms with Crippen LogP contribution in [0.15, 0.2) is 0 Å². The zero-order chi connectivity index (χ0) is 0. The van der Waals surface area contributed by atoms with Crippen LogP contribution < -0.4 is 0 Å². The third-order valence-electron chi connectivity index (χ3n) is 0. The van der Waals surface area contributed by atoms with E-state index in [0.29, 0.717) is 0 Å². The normalized spacial score (nSPS) is 0. The molecule has 4 heteroatoms. The fraction of sp³-hybridized carbons (Fsp3) is 0. The van der Waals surface area contributed by atoms with Crippen molar-refractivity contribution in [3.05, 3.63) is 0 Å². The quantitative estimate of drug-likeness (QED) is 0.391. The minimum absolute atomic E-state index is 0. The first-order chi connectivity index (χ1) is 0. The predicted molar refractivity (Wildman–Crippen MR) is 34.2 cm³/mol. The van der Waals surface area contributed by atoms with E-state index in [1.165, 1.54) is 0 Å². The molecule has 0 aromatic rings. The zero-order valence-electron chi connectivity index (χ0n) is 0. The number of hydrogen-bond acceptors (Lipinski definition) is 0. The Labute approximate surface area is 123 Å². The molecule has 0 spiro atoms. The third kappa shape index (κ3) is 9.47. The Morgan fingerprint density at radius 3 is 1.00 bits per heavy atom. The molecule has 0 fully saturated rings. The van der Waals surface area contributed by atoms with Crippen molar-refractivity contribution in [1.29, 1.82) is 0 Å². The Hall–Kier alpha value is 4.14. The first kappa shape index (κ1) is 24.2. The summed E-state index contributed by atoms with van der Waals surface area (Å²) in [5.74, 6) is 0. The molecule has 0 saturated heterocycles. The van der Waals surface area contributed by atoms with E-state index in [2.05, 4.69) is 0 Å². The molecule has 0 aliphatic rings. The molecular formula is H8GaInKNa. The van der Waals surface area contributed by atoms with Crippen LogP contribution >= 0.6 is 0 Å². The van der Waals surface area contributed by atoms with Crippen molar-refractivity contribution in [2.45, 2.75) is 0 Å². The van der Waals surface area contributed by atoms with Gasteiger partial charge in [0.25, 0.3) is 0 Å². The van der Waals surface area contributed by atoms with Crippen molar-refractivity contribution < 1.29 is 0 Å². The van der Waals surface area contributed by atoms with E-state index in [4.69, 9.17) is 0 Å². The van der Waals surface area contributed by atoms with Crippen LogP contribution in [0.3, 0.4) is 0 Å². The van der Waals surface area contributed by atoms with Gasteiger partial charge in [0, 0.05) is 0 Å². The van der Waals surface area contributed by atoms with Crippen molar-refractivity contribution in [2.24, 2.45) is 0 Å². The summed E-state index contributed by atoms with van der Waals surface area (Å²) >= 11 is 0. The first-order valence-electron chi connectivity index (χ1n) is 0. The van der Waals surface area contributed by atoms with Crippen molar-refractivity contribution in [2.75, 3.05) is 0 Å². The molecule has 0 atom stereocenters. The van der Waals surface area contributed by atoms with Gasteiger partial charge in [-0.1, -0.05) is 0 Å². The second kappa shape index (κ2) is 15.7. The Bertz CT molecular complexity index is 8.00. The van der Waals surface area contributed by atoms with Crippen LogP contribution in [0.1, 0.15) is 0 Å². The Morgan fingerprint density at radius 2 is 1.00 bits per heavy atom.